The lowest BCUT2D eigenvalue weighted by atomic mass is 9.75. The molecule has 2 heteroatoms. The van der Waals surface area contributed by atoms with Crippen molar-refractivity contribution in [2.45, 2.75) is 52.2 Å². The van der Waals surface area contributed by atoms with Crippen molar-refractivity contribution in [2.75, 3.05) is 13.6 Å². The molecule has 1 aliphatic carbocycles. The van der Waals surface area contributed by atoms with Crippen LogP contribution in [-0.4, -0.2) is 19.7 Å². The van der Waals surface area contributed by atoms with Crippen molar-refractivity contribution in [2.24, 2.45) is 17.8 Å². The molecule has 0 amide bonds. The van der Waals surface area contributed by atoms with Crippen molar-refractivity contribution in [3.05, 3.63) is 35.9 Å². The predicted molar refractivity (Wildman–Crippen MR) is 89.3 cm³/mol. The maximum atomic E-state index is 6.60. The molecule has 1 saturated carbocycles. The van der Waals surface area contributed by atoms with E-state index in [0.29, 0.717) is 17.9 Å². The van der Waals surface area contributed by atoms with E-state index in [1.54, 1.807) is 0 Å². The Morgan fingerprint density at radius 1 is 1.19 bits per heavy atom. The maximum Gasteiger partial charge on any atom is 0.0952 e. The zero-order valence-corrected chi connectivity index (χ0v) is 14.0. The Morgan fingerprint density at radius 2 is 1.90 bits per heavy atom. The fraction of sp³-hybridized carbons (Fsp3) is 0.684. The normalized spacial score (nSPS) is 27.8. The van der Waals surface area contributed by atoms with Crippen molar-refractivity contribution >= 4 is 0 Å². The number of benzene rings is 1. The van der Waals surface area contributed by atoms with E-state index in [0.717, 1.165) is 12.5 Å². The first-order valence-corrected chi connectivity index (χ1v) is 8.46. The van der Waals surface area contributed by atoms with Crippen LogP contribution in [0.4, 0.5) is 0 Å². The summed E-state index contributed by atoms with van der Waals surface area (Å²) in [7, 11) is 2.00. The van der Waals surface area contributed by atoms with E-state index in [-0.39, 0.29) is 6.10 Å². The molecule has 1 N–H and O–H groups in total. The first kappa shape index (κ1) is 16.5. The largest absolute Gasteiger partial charge is 0.369 e. The highest BCUT2D eigenvalue weighted by Gasteiger charge is 2.33. The number of hydrogen-bond acceptors (Lipinski definition) is 2. The van der Waals surface area contributed by atoms with Gasteiger partial charge in [0.05, 0.1) is 12.2 Å². The van der Waals surface area contributed by atoms with Gasteiger partial charge in [-0.15, -0.1) is 0 Å². The van der Waals surface area contributed by atoms with Gasteiger partial charge in [0.25, 0.3) is 0 Å². The Hall–Kier alpha value is -0.860. The van der Waals surface area contributed by atoms with Gasteiger partial charge in [-0.2, -0.15) is 0 Å². The Balaban J connectivity index is 2.10. The number of rotatable bonds is 6. The van der Waals surface area contributed by atoms with E-state index in [2.05, 4.69) is 56.4 Å². The molecule has 2 rings (SSSR count). The van der Waals surface area contributed by atoms with Crippen LogP contribution in [0.1, 0.15) is 51.7 Å². The Bertz CT molecular complexity index is 403. The zero-order valence-electron chi connectivity index (χ0n) is 14.0. The van der Waals surface area contributed by atoms with Crippen LogP contribution in [0.2, 0.25) is 0 Å². The second-order valence-electron chi connectivity index (χ2n) is 6.96. The fourth-order valence-corrected chi connectivity index (χ4v) is 3.58. The Kier molecular flexibility index (Phi) is 6.25. The molecule has 0 aromatic heterocycles. The lowest BCUT2D eigenvalue weighted by molar-refractivity contribution is -0.0806. The minimum absolute atomic E-state index is 0.160. The average Bonchev–Trinajstić information content (AvgIpc) is 2.47. The summed E-state index contributed by atoms with van der Waals surface area (Å²) >= 11 is 0. The minimum atomic E-state index is 0.160. The molecule has 118 valence electrons. The molecule has 2 nitrogen and oxygen atoms in total. The summed E-state index contributed by atoms with van der Waals surface area (Å²) in [5, 5.41) is 3.29. The van der Waals surface area contributed by atoms with Crippen LogP contribution in [0.15, 0.2) is 30.3 Å². The van der Waals surface area contributed by atoms with Gasteiger partial charge in [0.1, 0.15) is 0 Å². The van der Waals surface area contributed by atoms with Crippen molar-refractivity contribution in [1.82, 2.24) is 5.32 Å². The zero-order chi connectivity index (χ0) is 15.2. The molecule has 1 aliphatic rings. The van der Waals surface area contributed by atoms with Gasteiger partial charge in [-0.1, -0.05) is 57.5 Å². The van der Waals surface area contributed by atoms with Gasteiger partial charge in [-0.25, -0.2) is 0 Å². The summed E-state index contributed by atoms with van der Waals surface area (Å²) in [4.78, 5) is 0. The van der Waals surface area contributed by atoms with Crippen LogP contribution < -0.4 is 5.32 Å². The summed E-state index contributed by atoms with van der Waals surface area (Å²) in [5.41, 5.74) is 1.28. The Labute approximate surface area is 130 Å². The van der Waals surface area contributed by atoms with Gasteiger partial charge in [0.2, 0.25) is 0 Å². The number of nitrogens with one attached hydrogen (secondary N) is 1. The fourth-order valence-electron chi connectivity index (χ4n) is 3.58. The van der Waals surface area contributed by atoms with Crippen LogP contribution in [0.3, 0.4) is 0 Å². The average molecular weight is 289 g/mol. The molecule has 0 aliphatic heterocycles. The van der Waals surface area contributed by atoms with Crippen molar-refractivity contribution in [3.8, 4) is 0 Å². The van der Waals surface area contributed by atoms with E-state index in [1.807, 2.05) is 7.05 Å². The molecular formula is C19H31NO. The van der Waals surface area contributed by atoms with Gasteiger partial charge in [-0.05, 0) is 43.2 Å². The van der Waals surface area contributed by atoms with Crippen LogP contribution in [0, 0.1) is 17.8 Å². The molecule has 0 bridgehead atoms. The molecule has 0 heterocycles. The molecule has 1 fully saturated rings. The highest BCUT2D eigenvalue weighted by Crippen LogP contribution is 2.37. The van der Waals surface area contributed by atoms with Gasteiger partial charge < -0.3 is 10.1 Å². The lowest BCUT2D eigenvalue weighted by Crippen LogP contribution is -2.36. The van der Waals surface area contributed by atoms with Gasteiger partial charge in [0, 0.05) is 6.54 Å². The van der Waals surface area contributed by atoms with Gasteiger partial charge >= 0.3 is 0 Å². The lowest BCUT2D eigenvalue weighted by Gasteiger charge is -2.39. The van der Waals surface area contributed by atoms with E-state index >= 15 is 0 Å². The molecule has 1 aromatic rings. The second-order valence-corrected chi connectivity index (χ2v) is 6.96. The van der Waals surface area contributed by atoms with Crippen molar-refractivity contribution < 1.29 is 4.74 Å². The topological polar surface area (TPSA) is 21.3 Å². The summed E-state index contributed by atoms with van der Waals surface area (Å²) in [5.74, 6) is 2.19. The molecule has 4 unspecified atom stereocenters. The van der Waals surface area contributed by atoms with Crippen LogP contribution in [0.25, 0.3) is 0 Å². The van der Waals surface area contributed by atoms with Crippen molar-refractivity contribution in [3.63, 3.8) is 0 Å². The van der Waals surface area contributed by atoms with Crippen LogP contribution >= 0.6 is 0 Å². The SMILES string of the molecule is CNCC(OC1CC(C)CCC1C(C)C)c1ccccc1. The third-order valence-electron chi connectivity index (χ3n) is 4.86. The number of likely N-dealkylation sites (N-methyl/N-ethyl adjacent to an activating group) is 1. The number of ether oxygens (including phenoxy) is 1. The Morgan fingerprint density at radius 3 is 2.52 bits per heavy atom. The van der Waals surface area contributed by atoms with E-state index in [9.17, 15) is 0 Å². The quantitative estimate of drug-likeness (QED) is 0.837. The highest BCUT2D eigenvalue weighted by molar-refractivity contribution is 5.18. The van der Waals surface area contributed by atoms with Gasteiger partial charge in [-0.3, -0.25) is 0 Å². The third kappa shape index (κ3) is 4.55. The monoisotopic (exact) mass is 289 g/mol. The summed E-state index contributed by atoms with van der Waals surface area (Å²) in [6.45, 7) is 7.92. The molecule has 0 radical (unpaired) electrons. The highest BCUT2D eigenvalue weighted by atomic mass is 16.5. The third-order valence-corrected chi connectivity index (χ3v) is 4.86. The molecule has 21 heavy (non-hydrogen) atoms. The number of hydrogen-bond donors (Lipinski definition) is 1. The molecular weight excluding hydrogens is 258 g/mol. The first-order chi connectivity index (χ1) is 10.1. The molecule has 0 saturated heterocycles. The van der Waals surface area contributed by atoms with Gasteiger partial charge in [0.15, 0.2) is 0 Å². The van der Waals surface area contributed by atoms with E-state index < -0.39 is 0 Å². The van der Waals surface area contributed by atoms with E-state index in [1.165, 1.54) is 24.8 Å². The predicted octanol–water partition coefficient (Wildman–Crippen LogP) is 4.42. The summed E-state index contributed by atoms with van der Waals surface area (Å²) in [6.07, 6.45) is 4.42. The maximum absolute atomic E-state index is 6.60. The minimum Gasteiger partial charge on any atom is -0.369 e. The summed E-state index contributed by atoms with van der Waals surface area (Å²) < 4.78 is 6.60. The molecule has 1 aromatic carbocycles. The summed E-state index contributed by atoms with van der Waals surface area (Å²) in [6, 6.07) is 10.6. The second kappa shape index (κ2) is 7.95. The smallest absolute Gasteiger partial charge is 0.0952 e. The van der Waals surface area contributed by atoms with Crippen LogP contribution in [0.5, 0.6) is 0 Å². The van der Waals surface area contributed by atoms with Crippen molar-refractivity contribution in [1.29, 1.82) is 0 Å². The molecule has 4 atom stereocenters. The first-order valence-electron chi connectivity index (χ1n) is 8.46. The molecule has 0 spiro atoms. The van der Waals surface area contributed by atoms with Crippen LogP contribution in [-0.2, 0) is 4.74 Å². The van der Waals surface area contributed by atoms with E-state index in [4.69, 9.17) is 4.74 Å². The standard InChI is InChI=1S/C19H31NO/c1-14(2)17-11-10-15(3)12-18(17)21-19(13-20-4)16-8-6-5-7-9-16/h5-9,14-15,17-20H,10-13H2,1-4H3.